The summed E-state index contributed by atoms with van der Waals surface area (Å²) in [7, 11) is 2.15. The molecular weight excluding hydrogens is 495 g/mol. The number of hydrogen-bond acceptors (Lipinski definition) is 8. The van der Waals surface area contributed by atoms with E-state index in [1.807, 2.05) is 24.3 Å². The quantitative estimate of drug-likeness (QED) is 0.353. The molecule has 37 heavy (non-hydrogen) atoms. The molecule has 2 aromatic carbocycles. The van der Waals surface area contributed by atoms with E-state index in [-0.39, 0.29) is 12.2 Å². The van der Waals surface area contributed by atoms with Crippen molar-refractivity contribution in [3.8, 4) is 17.0 Å². The van der Waals surface area contributed by atoms with Crippen LogP contribution in [0, 0.1) is 5.82 Å². The maximum absolute atomic E-state index is 14.4. The third kappa shape index (κ3) is 5.97. The lowest BCUT2D eigenvalue weighted by Gasteiger charge is -2.32. The summed E-state index contributed by atoms with van der Waals surface area (Å²) in [6, 6.07) is 13.5. The van der Waals surface area contributed by atoms with Gasteiger partial charge >= 0.3 is 0 Å². The SMILES string of the molecule is CN1CCN(CCOc2ccc3c(Nc4cc(-c5cc(Cl)ccc5F)nnc4CO)ccnc3c2)CC1. The van der Waals surface area contributed by atoms with Gasteiger partial charge in [0.05, 0.1) is 23.5 Å². The number of likely N-dealkylation sites (N-methyl/N-ethyl adjacent to an activating group) is 1. The molecule has 1 fully saturated rings. The van der Waals surface area contributed by atoms with E-state index in [1.165, 1.54) is 18.2 Å². The number of benzene rings is 2. The van der Waals surface area contributed by atoms with Gasteiger partial charge in [0.15, 0.2) is 0 Å². The van der Waals surface area contributed by atoms with Crippen molar-refractivity contribution in [2.24, 2.45) is 0 Å². The molecule has 0 bridgehead atoms. The lowest BCUT2D eigenvalue weighted by Crippen LogP contribution is -2.45. The third-order valence-electron chi connectivity index (χ3n) is 6.48. The van der Waals surface area contributed by atoms with Crippen molar-refractivity contribution in [3.63, 3.8) is 0 Å². The summed E-state index contributed by atoms with van der Waals surface area (Å²) >= 11 is 6.06. The van der Waals surface area contributed by atoms with Crippen molar-refractivity contribution in [2.45, 2.75) is 6.61 Å². The van der Waals surface area contributed by atoms with Crippen molar-refractivity contribution < 1.29 is 14.2 Å². The number of rotatable bonds is 8. The van der Waals surface area contributed by atoms with E-state index in [2.05, 4.69) is 37.3 Å². The fourth-order valence-electron chi connectivity index (χ4n) is 4.30. The van der Waals surface area contributed by atoms with Gasteiger partial charge in [0, 0.05) is 66.6 Å². The Hall–Kier alpha value is -3.37. The molecule has 4 aromatic rings. The highest BCUT2D eigenvalue weighted by atomic mass is 35.5. The molecule has 5 rings (SSSR count). The molecule has 0 atom stereocenters. The van der Waals surface area contributed by atoms with Crippen molar-refractivity contribution in [1.82, 2.24) is 25.0 Å². The van der Waals surface area contributed by atoms with Crippen LogP contribution in [-0.4, -0.2) is 76.5 Å². The molecule has 0 radical (unpaired) electrons. The van der Waals surface area contributed by atoms with Gasteiger partial charge in [-0.1, -0.05) is 11.6 Å². The molecule has 0 unspecified atom stereocenters. The summed E-state index contributed by atoms with van der Waals surface area (Å²) in [4.78, 5) is 9.24. The van der Waals surface area contributed by atoms with Crippen LogP contribution in [0.2, 0.25) is 5.02 Å². The summed E-state index contributed by atoms with van der Waals surface area (Å²) in [5.41, 5.74) is 2.89. The summed E-state index contributed by atoms with van der Waals surface area (Å²) < 4.78 is 20.4. The van der Waals surface area contributed by atoms with Crippen molar-refractivity contribution in [1.29, 1.82) is 0 Å². The number of hydrogen-bond donors (Lipinski definition) is 2. The van der Waals surface area contributed by atoms with Gasteiger partial charge in [-0.2, -0.15) is 5.10 Å². The lowest BCUT2D eigenvalue weighted by molar-refractivity contribution is 0.134. The van der Waals surface area contributed by atoms with Gasteiger partial charge in [-0.3, -0.25) is 9.88 Å². The average Bonchev–Trinajstić information content (AvgIpc) is 2.91. The molecule has 0 aliphatic carbocycles. The van der Waals surface area contributed by atoms with Gasteiger partial charge in [0.1, 0.15) is 23.9 Å². The van der Waals surface area contributed by atoms with Crippen molar-refractivity contribution in [2.75, 3.05) is 51.7 Å². The predicted octanol–water partition coefficient (Wildman–Crippen LogP) is 4.35. The maximum atomic E-state index is 14.4. The zero-order chi connectivity index (χ0) is 25.8. The van der Waals surface area contributed by atoms with E-state index < -0.39 is 5.82 Å². The minimum Gasteiger partial charge on any atom is -0.492 e. The summed E-state index contributed by atoms with van der Waals surface area (Å²) in [6.07, 6.45) is 1.70. The monoisotopic (exact) mass is 522 g/mol. The van der Waals surface area contributed by atoms with Gasteiger partial charge in [0.25, 0.3) is 0 Å². The number of pyridine rings is 1. The minimum absolute atomic E-state index is 0.227. The van der Waals surface area contributed by atoms with E-state index in [1.54, 1.807) is 12.3 Å². The number of aliphatic hydroxyl groups excluding tert-OH is 1. The van der Waals surface area contributed by atoms with E-state index in [0.29, 0.717) is 28.7 Å². The lowest BCUT2D eigenvalue weighted by atomic mass is 10.1. The number of fused-ring (bicyclic) bond motifs is 1. The molecule has 2 N–H and O–H groups in total. The van der Waals surface area contributed by atoms with E-state index in [9.17, 15) is 9.50 Å². The van der Waals surface area contributed by atoms with Crippen molar-refractivity contribution in [3.05, 3.63) is 71.3 Å². The molecule has 1 aliphatic heterocycles. The fourth-order valence-corrected chi connectivity index (χ4v) is 4.48. The number of ether oxygens (including phenoxy) is 1. The number of nitrogens with one attached hydrogen (secondary N) is 1. The third-order valence-corrected chi connectivity index (χ3v) is 6.72. The first-order valence-electron chi connectivity index (χ1n) is 12.1. The van der Waals surface area contributed by atoms with Crippen LogP contribution >= 0.6 is 11.6 Å². The number of anilines is 2. The Kier molecular flexibility index (Phi) is 7.76. The molecule has 1 saturated heterocycles. The summed E-state index contributed by atoms with van der Waals surface area (Å²) in [5.74, 6) is 0.294. The van der Waals surface area contributed by atoms with Crippen LogP contribution in [0.3, 0.4) is 0 Å². The highest BCUT2D eigenvalue weighted by molar-refractivity contribution is 6.30. The largest absolute Gasteiger partial charge is 0.492 e. The number of nitrogens with zero attached hydrogens (tertiary/aromatic N) is 5. The minimum atomic E-state index is -0.462. The molecule has 3 heterocycles. The Morgan fingerprint density at radius 3 is 2.68 bits per heavy atom. The van der Waals surface area contributed by atoms with Crippen LogP contribution in [0.4, 0.5) is 15.8 Å². The van der Waals surface area contributed by atoms with Gasteiger partial charge < -0.3 is 20.1 Å². The number of aromatic nitrogens is 3. The molecule has 192 valence electrons. The van der Waals surface area contributed by atoms with Gasteiger partial charge in [-0.05, 0) is 49.5 Å². The Bertz CT molecular complexity index is 1400. The van der Waals surface area contributed by atoms with E-state index in [4.69, 9.17) is 16.3 Å². The van der Waals surface area contributed by atoms with Gasteiger partial charge in [-0.25, -0.2) is 4.39 Å². The number of halogens is 2. The Morgan fingerprint density at radius 1 is 1.03 bits per heavy atom. The average molecular weight is 523 g/mol. The molecular formula is C27H28ClFN6O2. The topological polar surface area (TPSA) is 86.6 Å². The first-order valence-corrected chi connectivity index (χ1v) is 12.5. The molecule has 8 nitrogen and oxygen atoms in total. The molecule has 10 heteroatoms. The molecule has 2 aromatic heterocycles. The van der Waals surface area contributed by atoms with Gasteiger partial charge in [-0.15, -0.1) is 5.10 Å². The normalized spacial score (nSPS) is 14.7. The molecule has 0 amide bonds. The Morgan fingerprint density at radius 2 is 1.86 bits per heavy atom. The van der Waals surface area contributed by atoms with E-state index >= 15 is 0 Å². The Balaban J connectivity index is 1.35. The molecule has 0 saturated carbocycles. The van der Waals surface area contributed by atoms with Crippen molar-refractivity contribution >= 4 is 33.9 Å². The zero-order valence-corrected chi connectivity index (χ0v) is 21.2. The smallest absolute Gasteiger partial charge is 0.132 e. The first kappa shape index (κ1) is 25.3. The predicted molar refractivity (Wildman–Crippen MR) is 143 cm³/mol. The zero-order valence-electron chi connectivity index (χ0n) is 20.5. The summed E-state index contributed by atoms with van der Waals surface area (Å²) in [5, 5.41) is 22.6. The second-order valence-corrected chi connectivity index (χ2v) is 9.46. The fraction of sp³-hybridized carbons (Fsp3) is 0.296. The standard InChI is InChI=1S/C27H28ClFN6O2/c1-34-8-10-35(11-9-34)12-13-37-19-3-4-20-23(6-7-30-24(20)15-19)31-26-16-25(32-33-27(26)17-36)21-14-18(28)2-5-22(21)29/h2-7,14-16,36H,8-13,17H2,1H3,(H,30,31,32). The summed E-state index contributed by atoms with van der Waals surface area (Å²) in [6.45, 7) is 5.43. The van der Waals surface area contributed by atoms with Crippen LogP contribution in [-0.2, 0) is 6.61 Å². The second-order valence-electron chi connectivity index (χ2n) is 9.03. The van der Waals surface area contributed by atoms with E-state index in [0.717, 1.165) is 55.1 Å². The van der Waals surface area contributed by atoms with Gasteiger partial charge in [0.2, 0.25) is 0 Å². The first-order chi connectivity index (χ1) is 18.0. The van der Waals surface area contributed by atoms with Crippen LogP contribution < -0.4 is 10.1 Å². The van der Waals surface area contributed by atoms with Crippen LogP contribution in [0.25, 0.3) is 22.2 Å². The highest BCUT2D eigenvalue weighted by Crippen LogP contribution is 2.31. The van der Waals surface area contributed by atoms with Crippen LogP contribution in [0.5, 0.6) is 5.75 Å². The highest BCUT2D eigenvalue weighted by Gasteiger charge is 2.15. The molecule has 1 aliphatic rings. The maximum Gasteiger partial charge on any atom is 0.132 e. The van der Waals surface area contributed by atoms with Crippen LogP contribution in [0.1, 0.15) is 5.69 Å². The second kappa shape index (κ2) is 11.4. The number of piperazine rings is 1. The Labute approximate surface area is 219 Å². The number of aliphatic hydroxyl groups is 1. The molecule has 0 spiro atoms. The van der Waals surface area contributed by atoms with Crippen LogP contribution in [0.15, 0.2) is 54.7 Å².